The molecule has 2 heterocycles. The van der Waals surface area contributed by atoms with E-state index in [0.717, 1.165) is 30.7 Å². The van der Waals surface area contributed by atoms with Crippen molar-refractivity contribution in [1.82, 2.24) is 9.80 Å². The highest BCUT2D eigenvalue weighted by molar-refractivity contribution is 5.78. The van der Waals surface area contributed by atoms with E-state index in [2.05, 4.69) is 0 Å². The Morgan fingerprint density at radius 1 is 0.971 bits per heavy atom. The average molecular weight is 467 g/mol. The number of benzene rings is 2. The first-order chi connectivity index (χ1) is 16.6. The molecule has 7 nitrogen and oxygen atoms in total. The number of hydrogen-bond donors (Lipinski definition) is 0. The molecule has 4 rings (SSSR count). The summed E-state index contributed by atoms with van der Waals surface area (Å²) in [6, 6.07) is 15.3. The van der Waals surface area contributed by atoms with Crippen LogP contribution in [0.1, 0.15) is 24.8 Å². The van der Waals surface area contributed by atoms with Crippen molar-refractivity contribution in [2.75, 3.05) is 47.0 Å². The minimum atomic E-state index is 0.0138. The number of amides is 2. The first-order valence-electron chi connectivity index (χ1n) is 12.0. The van der Waals surface area contributed by atoms with Gasteiger partial charge in [-0.1, -0.05) is 30.3 Å². The first kappa shape index (κ1) is 23.9. The molecule has 0 spiro atoms. The first-order valence-corrected chi connectivity index (χ1v) is 12.0. The second kappa shape index (κ2) is 11.3. The van der Waals surface area contributed by atoms with Gasteiger partial charge in [0.05, 0.1) is 14.2 Å². The quantitative estimate of drug-likeness (QED) is 0.596. The van der Waals surface area contributed by atoms with Crippen LogP contribution < -0.4 is 14.2 Å². The van der Waals surface area contributed by atoms with Crippen LogP contribution in [0.15, 0.2) is 48.5 Å². The monoisotopic (exact) mass is 466 g/mol. The van der Waals surface area contributed by atoms with Gasteiger partial charge >= 0.3 is 0 Å². The molecule has 2 aliphatic rings. The molecule has 0 aliphatic carbocycles. The second-order valence-corrected chi connectivity index (χ2v) is 9.03. The molecule has 7 heteroatoms. The van der Waals surface area contributed by atoms with Gasteiger partial charge in [0.25, 0.3) is 5.91 Å². The van der Waals surface area contributed by atoms with E-state index in [1.807, 2.05) is 58.3 Å². The number of carbonyl (C=O) groups is 2. The number of rotatable bonds is 8. The Kier molecular flexibility index (Phi) is 7.93. The summed E-state index contributed by atoms with van der Waals surface area (Å²) in [5.41, 5.74) is 1.03. The second-order valence-electron chi connectivity index (χ2n) is 9.03. The summed E-state index contributed by atoms with van der Waals surface area (Å²) in [7, 11) is 3.27. The van der Waals surface area contributed by atoms with Crippen molar-refractivity contribution in [1.29, 1.82) is 0 Å². The van der Waals surface area contributed by atoms with Gasteiger partial charge < -0.3 is 24.0 Å². The third kappa shape index (κ3) is 5.64. The van der Waals surface area contributed by atoms with E-state index in [1.54, 1.807) is 14.2 Å². The van der Waals surface area contributed by atoms with Crippen molar-refractivity contribution in [3.05, 3.63) is 54.1 Å². The van der Waals surface area contributed by atoms with Crippen LogP contribution in [0.4, 0.5) is 0 Å². The van der Waals surface area contributed by atoms with Crippen molar-refractivity contribution in [3.8, 4) is 17.2 Å². The lowest BCUT2D eigenvalue weighted by Gasteiger charge is -2.37. The minimum Gasteiger partial charge on any atom is -0.493 e. The van der Waals surface area contributed by atoms with Gasteiger partial charge in [-0.2, -0.15) is 0 Å². The van der Waals surface area contributed by atoms with Crippen molar-refractivity contribution in [2.45, 2.75) is 25.7 Å². The number of para-hydroxylation sites is 2. The molecule has 182 valence electrons. The number of likely N-dealkylation sites (tertiary alicyclic amines) is 2. The molecule has 2 amide bonds. The maximum absolute atomic E-state index is 13.0. The zero-order valence-electron chi connectivity index (χ0n) is 20.1. The Morgan fingerprint density at radius 2 is 1.76 bits per heavy atom. The normalized spacial score (nSPS) is 20.4. The molecule has 2 fully saturated rings. The van der Waals surface area contributed by atoms with E-state index in [9.17, 15) is 9.59 Å². The largest absolute Gasteiger partial charge is 0.493 e. The standard InChI is InChI=1S/C27H34N2O5/c1-32-24-10-6-7-20(27(24)33-2)11-14-28-15-13-22-18-29(16-12-21(22)17-25(28)30)26(31)19-34-23-8-4-3-5-9-23/h3-10,21-22H,11-19H2,1-2H3/t21-,22+/m0/s1. The molecule has 0 aromatic heterocycles. The molecule has 2 atom stereocenters. The third-order valence-electron chi connectivity index (χ3n) is 7.04. The average Bonchev–Trinajstić information content (AvgIpc) is 3.03. The van der Waals surface area contributed by atoms with Crippen LogP contribution in [0, 0.1) is 11.8 Å². The zero-order valence-corrected chi connectivity index (χ0v) is 20.1. The third-order valence-corrected chi connectivity index (χ3v) is 7.04. The number of methoxy groups -OCH3 is 2. The Bertz CT molecular complexity index is 980. The Balaban J connectivity index is 1.31. The number of ether oxygens (including phenoxy) is 3. The molecule has 0 saturated carbocycles. The van der Waals surface area contributed by atoms with Gasteiger partial charge in [0.15, 0.2) is 18.1 Å². The Morgan fingerprint density at radius 3 is 2.53 bits per heavy atom. The fourth-order valence-corrected chi connectivity index (χ4v) is 5.10. The smallest absolute Gasteiger partial charge is 0.260 e. The van der Waals surface area contributed by atoms with Crippen LogP contribution >= 0.6 is 0 Å². The van der Waals surface area contributed by atoms with E-state index in [0.29, 0.717) is 55.8 Å². The van der Waals surface area contributed by atoms with Gasteiger partial charge in [0.2, 0.25) is 5.91 Å². The summed E-state index contributed by atoms with van der Waals surface area (Å²) < 4.78 is 16.6. The van der Waals surface area contributed by atoms with Gasteiger partial charge in [0.1, 0.15) is 5.75 Å². The molecule has 34 heavy (non-hydrogen) atoms. The molecule has 2 aliphatic heterocycles. The zero-order chi connectivity index (χ0) is 23.9. The predicted molar refractivity (Wildman–Crippen MR) is 129 cm³/mol. The number of hydrogen-bond acceptors (Lipinski definition) is 5. The highest BCUT2D eigenvalue weighted by atomic mass is 16.5. The highest BCUT2D eigenvalue weighted by Gasteiger charge is 2.36. The molecule has 0 unspecified atom stereocenters. The summed E-state index contributed by atoms with van der Waals surface area (Å²) in [4.78, 5) is 29.6. The topological polar surface area (TPSA) is 68.3 Å². The van der Waals surface area contributed by atoms with Crippen molar-refractivity contribution in [2.24, 2.45) is 11.8 Å². The van der Waals surface area contributed by atoms with Crippen molar-refractivity contribution < 1.29 is 23.8 Å². The molecular formula is C27H34N2O5. The molecule has 0 radical (unpaired) electrons. The lowest BCUT2D eigenvalue weighted by atomic mass is 9.82. The molecule has 2 aromatic rings. The molecule has 2 saturated heterocycles. The maximum Gasteiger partial charge on any atom is 0.260 e. The number of fused-ring (bicyclic) bond motifs is 1. The highest BCUT2D eigenvalue weighted by Crippen LogP contribution is 2.34. The molecule has 0 N–H and O–H groups in total. The van der Waals surface area contributed by atoms with Gasteiger partial charge in [-0.25, -0.2) is 0 Å². The van der Waals surface area contributed by atoms with E-state index in [4.69, 9.17) is 14.2 Å². The van der Waals surface area contributed by atoms with Crippen molar-refractivity contribution >= 4 is 11.8 Å². The predicted octanol–water partition coefficient (Wildman–Crippen LogP) is 3.41. The Hall–Kier alpha value is -3.22. The number of carbonyl (C=O) groups excluding carboxylic acids is 2. The SMILES string of the molecule is COc1cccc(CCN2CC[C@@H]3CN(C(=O)COc4ccccc4)CC[C@H]3CC2=O)c1OC. The van der Waals surface area contributed by atoms with Crippen LogP contribution in [-0.2, 0) is 16.0 Å². The lowest BCUT2D eigenvalue weighted by molar-refractivity contribution is -0.136. The van der Waals surface area contributed by atoms with Crippen LogP contribution in [0.25, 0.3) is 0 Å². The van der Waals surface area contributed by atoms with Gasteiger partial charge in [-0.15, -0.1) is 0 Å². The minimum absolute atomic E-state index is 0.0138. The van der Waals surface area contributed by atoms with E-state index in [-0.39, 0.29) is 18.4 Å². The lowest BCUT2D eigenvalue weighted by Crippen LogP contribution is -2.45. The summed E-state index contributed by atoms with van der Waals surface area (Å²) in [6.07, 6.45) is 3.05. The molecule has 2 aromatic carbocycles. The Labute approximate surface area is 201 Å². The van der Waals surface area contributed by atoms with Crippen molar-refractivity contribution in [3.63, 3.8) is 0 Å². The van der Waals surface area contributed by atoms with Crippen LogP contribution in [0.5, 0.6) is 17.2 Å². The number of piperidine rings is 1. The summed E-state index contributed by atoms with van der Waals surface area (Å²) in [6.45, 7) is 2.80. The summed E-state index contributed by atoms with van der Waals surface area (Å²) in [5, 5.41) is 0. The van der Waals surface area contributed by atoms with E-state index < -0.39 is 0 Å². The molecule has 0 bridgehead atoms. The number of nitrogens with zero attached hydrogens (tertiary/aromatic N) is 2. The summed E-state index contributed by atoms with van der Waals surface area (Å²) >= 11 is 0. The molecular weight excluding hydrogens is 432 g/mol. The fourth-order valence-electron chi connectivity index (χ4n) is 5.10. The van der Waals surface area contributed by atoms with Gasteiger partial charge in [-0.3, -0.25) is 9.59 Å². The van der Waals surface area contributed by atoms with Gasteiger partial charge in [-0.05, 0) is 54.9 Å². The van der Waals surface area contributed by atoms with Crippen LogP contribution in [0.3, 0.4) is 0 Å². The maximum atomic E-state index is 13.0. The van der Waals surface area contributed by atoms with Crippen LogP contribution in [-0.4, -0.2) is 68.6 Å². The van der Waals surface area contributed by atoms with E-state index in [1.165, 1.54) is 0 Å². The van der Waals surface area contributed by atoms with E-state index >= 15 is 0 Å². The van der Waals surface area contributed by atoms with Gasteiger partial charge in [0, 0.05) is 32.6 Å². The fraction of sp³-hybridized carbons (Fsp3) is 0.481. The summed E-state index contributed by atoms with van der Waals surface area (Å²) in [5.74, 6) is 3.04. The van der Waals surface area contributed by atoms with Crippen LogP contribution in [0.2, 0.25) is 0 Å².